The third-order valence-corrected chi connectivity index (χ3v) is 4.54. The van der Waals surface area contributed by atoms with Crippen molar-refractivity contribution in [2.24, 2.45) is 5.10 Å². The Morgan fingerprint density at radius 3 is 2.52 bits per heavy atom. The standard InChI is InChI=1S/C22H22N8O3/c1-13(2)32-17-10-6-15(7-11-17)12-24-26-22(31)18-19(16-8-4-14(3)5-9-16)30(29-25-18)21-20(23)27-33-28-21/h4-13H,1-3H3,(H2,23,27)(H,26,31)/b24-12-. The van der Waals surface area contributed by atoms with E-state index in [1.807, 2.05) is 69.3 Å². The van der Waals surface area contributed by atoms with E-state index in [-0.39, 0.29) is 23.4 Å². The molecule has 168 valence electrons. The number of aromatic nitrogens is 5. The lowest BCUT2D eigenvalue weighted by Gasteiger charge is -2.09. The summed E-state index contributed by atoms with van der Waals surface area (Å²) in [6.45, 7) is 5.88. The number of anilines is 1. The van der Waals surface area contributed by atoms with E-state index >= 15 is 0 Å². The zero-order chi connectivity index (χ0) is 23.4. The summed E-state index contributed by atoms with van der Waals surface area (Å²) in [5, 5.41) is 19.4. The highest BCUT2D eigenvalue weighted by Crippen LogP contribution is 2.26. The lowest BCUT2D eigenvalue weighted by atomic mass is 10.1. The van der Waals surface area contributed by atoms with Gasteiger partial charge in [-0.25, -0.2) is 10.1 Å². The average Bonchev–Trinajstić information content (AvgIpc) is 3.41. The largest absolute Gasteiger partial charge is 0.491 e. The zero-order valence-electron chi connectivity index (χ0n) is 18.3. The first-order chi connectivity index (χ1) is 15.9. The number of hydrogen-bond donors (Lipinski definition) is 2. The number of ether oxygens (including phenoxy) is 1. The third-order valence-electron chi connectivity index (χ3n) is 4.54. The van der Waals surface area contributed by atoms with Gasteiger partial charge in [0.1, 0.15) is 11.4 Å². The molecule has 0 aliphatic heterocycles. The van der Waals surface area contributed by atoms with Crippen molar-refractivity contribution in [3.8, 4) is 22.8 Å². The Hall–Kier alpha value is -4.54. The van der Waals surface area contributed by atoms with Gasteiger partial charge in [0.25, 0.3) is 5.91 Å². The molecule has 0 bridgehead atoms. The minimum atomic E-state index is -0.553. The number of nitrogens with zero attached hydrogens (tertiary/aromatic N) is 6. The molecule has 0 unspecified atom stereocenters. The fraction of sp³-hybridized carbons (Fsp3) is 0.182. The molecular weight excluding hydrogens is 424 g/mol. The van der Waals surface area contributed by atoms with Crippen molar-refractivity contribution in [2.45, 2.75) is 26.9 Å². The number of rotatable bonds is 7. The predicted octanol–water partition coefficient (Wildman–Crippen LogP) is 2.76. The number of nitrogens with two attached hydrogens (primary N) is 1. The first-order valence-corrected chi connectivity index (χ1v) is 10.1. The lowest BCUT2D eigenvalue weighted by molar-refractivity contribution is 0.0950. The van der Waals surface area contributed by atoms with E-state index in [2.05, 4.69) is 35.8 Å². The number of aryl methyl sites for hydroxylation is 1. The van der Waals surface area contributed by atoms with Crippen molar-refractivity contribution in [2.75, 3.05) is 5.73 Å². The molecule has 0 aliphatic carbocycles. The molecule has 0 saturated heterocycles. The normalized spacial score (nSPS) is 11.3. The van der Waals surface area contributed by atoms with Crippen LogP contribution in [0, 0.1) is 6.92 Å². The van der Waals surface area contributed by atoms with Gasteiger partial charge in [0.15, 0.2) is 5.69 Å². The highest BCUT2D eigenvalue weighted by atomic mass is 16.6. The van der Waals surface area contributed by atoms with Crippen molar-refractivity contribution in [3.63, 3.8) is 0 Å². The smallest absolute Gasteiger partial charge is 0.294 e. The molecule has 4 rings (SSSR count). The van der Waals surface area contributed by atoms with Gasteiger partial charge in [-0.2, -0.15) is 9.78 Å². The van der Waals surface area contributed by atoms with Crippen LogP contribution in [0.1, 0.15) is 35.5 Å². The highest BCUT2D eigenvalue weighted by molar-refractivity contribution is 5.98. The molecule has 2 heterocycles. The summed E-state index contributed by atoms with van der Waals surface area (Å²) in [5.41, 5.74) is 11.2. The zero-order valence-corrected chi connectivity index (χ0v) is 18.3. The second-order valence-electron chi connectivity index (χ2n) is 7.47. The van der Waals surface area contributed by atoms with E-state index in [9.17, 15) is 4.79 Å². The molecule has 0 fully saturated rings. The Balaban J connectivity index is 1.58. The molecule has 0 saturated carbocycles. The van der Waals surface area contributed by atoms with Gasteiger partial charge in [0, 0.05) is 5.56 Å². The molecule has 2 aromatic carbocycles. The molecule has 2 aromatic heterocycles. The molecule has 4 aromatic rings. The van der Waals surface area contributed by atoms with Gasteiger partial charge in [-0.15, -0.1) is 5.10 Å². The summed E-state index contributed by atoms with van der Waals surface area (Å²) < 4.78 is 11.6. The van der Waals surface area contributed by atoms with Crippen LogP contribution < -0.4 is 15.9 Å². The van der Waals surface area contributed by atoms with Crippen LogP contribution in [-0.4, -0.2) is 43.5 Å². The van der Waals surface area contributed by atoms with Crippen LogP contribution in [0.2, 0.25) is 0 Å². The number of carbonyl (C=O) groups is 1. The Morgan fingerprint density at radius 1 is 1.15 bits per heavy atom. The number of nitrogen functional groups attached to an aromatic ring is 1. The van der Waals surface area contributed by atoms with Crippen molar-refractivity contribution in [3.05, 3.63) is 65.4 Å². The number of carbonyl (C=O) groups excluding carboxylic acids is 1. The van der Waals surface area contributed by atoms with Crippen LogP contribution in [0.3, 0.4) is 0 Å². The van der Waals surface area contributed by atoms with Crippen molar-refractivity contribution in [1.29, 1.82) is 0 Å². The van der Waals surface area contributed by atoms with Gasteiger partial charge in [-0.3, -0.25) is 4.79 Å². The number of hydrogen-bond acceptors (Lipinski definition) is 9. The second-order valence-corrected chi connectivity index (χ2v) is 7.47. The van der Waals surface area contributed by atoms with Crippen LogP contribution in [0.15, 0.2) is 58.3 Å². The Bertz CT molecular complexity index is 1270. The Morgan fingerprint density at radius 2 is 1.88 bits per heavy atom. The summed E-state index contributed by atoms with van der Waals surface area (Å²) in [6, 6.07) is 14.8. The van der Waals surface area contributed by atoms with Crippen molar-refractivity contribution < 1.29 is 14.2 Å². The number of amides is 1. The number of hydrazone groups is 1. The number of benzene rings is 2. The molecule has 0 spiro atoms. The van der Waals surface area contributed by atoms with Gasteiger partial charge in [0.05, 0.1) is 12.3 Å². The van der Waals surface area contributed by atoms with E-state index < -0.39 is 5.91 Å². The third kappa shape index (κ3) is 4.87. The molecular formula is C22H22N8O3. The predicted molar refractivity (Wildman–Crippen MR) is 121 cm³/mol. The summed E-state index contributed by atoms with van der Waals surface area (Å²) >= 11 is 0. The van der Waals surface area contributed by atoms with Gasteiger partial charge in [-0.05, 0) is 60.9 Å². The fourth-order valence-electron chi connectivity index (χ4n) is 3.01. The van der Waals surface area contributed by atoms with Crippen LogP contribution in [0.25, 0.3) is 17.1 Å². The van der Waals surface area contributed by atoms with E-state index in [1.54, 1.807) is 0 Å². The molecule has 11 heteroatoms. The molecule has 11 nitrogen and oxygen atoms in total. The average molecular weight is 446 g/mol. The topological polar surface area (TPSA) is 146 Å². The Labute approximate surface area is 189 Å². The summed E-state index contributed by atoms with van der Waals surface area (Å²) in [4.78, 5) is 12.9. The molecule has 0 atom stereocenters. The lowest BCUT2D eigenvalue weighted by Crippen LogP contribution is -2.19. The van der Waals surface area contributed by atoms with E-state index in [1.165, 1.54) is 10.9 Å². The van der Waals surface area contributed by atoms with Crippen LogP contribution >= 0.6 is 0 Å². The van der Waals surface area contributed by atoms with Crippen molar-refractivity contribution >= 4 is 17.9 Å². The molecule has 1 amide bonds. The van der Waals surface area contributed by atoms with Crippen molar-refractivity contribution in [1.82, 2.24) is 30.7 Å². The van der Waals surface area contributed by atoms with Gasteiger partial charge >= 0.3 is 0 Å². The van der Waals surface area contributed by atoms with Crippen LogP contribution in [0.5, 0.6) is 5.75 Å². The molecule has 3 N–H and O–H groups in total. The minimum absolute atomic E-state index is 0.0168. The quantitative estimate of drug-likeness (QED) is 0.325. The monoisotopic (exact) mass is 446 g/mol. The van der Waals surface area contributed by atoms with Gasteiger partial charge in [-0.1, -0.05) is 35.0 Å². The summed E-state index contributed by atoms with van der Waals surface area (Å²) in [7, 11) is 0. The minimum Gasteiger partial charge on any atom is -0.491 e. The highest BCUT2D eigenvalue weighted by Gasteiger charge is 2.25. The number of nitrogens with one attached hydrogen (secondary N) is 1. The first kappa shape index (κ1) is 21.7. The molecule has 0 radical (unpaired) electrons. The summed E-state index contributed by atoms with van der Waals surface area (Å²) in [5.74, 6) is 0.350. The fourth-order valence-corrected chi connectivity index (χ4v) is 3.01. The van der Waals surface area contributed by atoms with Gasteiger partial charge < -0.3 is 10.5 Å². The SMILES string of the molecule is Cc1ccc(-c2c(C(=O)N/N=C\c3ccc(OC(C)C)cc3)nnn2-c2nonc2N)cc1. The van der Waals surface area contributed by atoms with Gasteiger partial charge in [0.2, 0.25) is 11.6 Å². The Kier molecular flexibility index (Phi) is 6.11. The molecule has 0 aliphatic rings. The van der Waals surface area contributed by atoms with Crippen LogP contribution in [0.4, 0.5) is 5.82 Å². The van der Waals surface area contributed by atoms with E-state index in [0.29, 0.717) is 11.3 Å². The second kappa shape index (κ2) is 9.30. The first-order valence-electron chi connectivity index (χ1n) is 10.1. The summed E-state index contributed by atoms with van der Waals surface area (Å²) in [6.07, 6.45) is 1.61. The maximum atomic E-state index is 12.9. The van der Waals surface area contributed by atoms with E-state index in [4.69, 9.17) is 10.5 Å². The maximum absolute atomic E-state index is 12.9. The maximum Gasteiger partial charge on any atom is 0.294 e. The molecule has 33 heavy (non-hydrogen) atoms. The van der Waals surface area contributed by atoms with E-state index in [0.717, 1.165) is 16.9 Å². The van der Waals surface area contributed by atoms with Crippen LogP contribution in [-0.2, 0) is 0 Å².